The van der Waals surface area contributed by atoms with Crippen molar-refractivity contribution in [1.82, 2.24) is 0 Å². The largest absolute Gasteiger partial charge is 0.496 e. The Morgan fingerprint density at radius 3 is 2.88 bits per heavy atom. The Balaban J connectivity index is 2.16. The SMILES string of the molecule is COc1ccc(C)cc1CC1CSCC1Cl. The lowest BCUT2D eigenvalue weighted by Gasteiger charge is -2.15. The molecule has 2 rings (SSSR count). The molecule has 2 unspecified atom stereocenters. The first-order valence-corrected chi connectivity index (χ1v) is 7.15. The second-order valence-corrected chi connectivity index (χ2v) is 5.97. The molecule has 0 aromatic heterocycles. The van der Waals surface area contributed by atoms with E-state index in [1.807, 2.05) is 11.8 Å². The molecule has 1 heterocycles. The normalized spacial score (nSPS) is 24.7. The fourth-order valence-electron chi connectivity index (χ4n) is 2.11. The van der Waals surface area contributed by atoms with Crippen molar-refractivity contribution >= 4 is 23.4 Å². The lowest BCUT2D eigenvalue weighted by atomic mass is 9.96. The van der Waals surface area contributed by atoms with Gasteiger partial charge in [-0.2, -0.15) is 11.8 Å². The summed E-state index contributed by atoms with van der Waals surface area (Å²) in [6, 6.07) is 6.35. The molecule has 0 bridgehead atoms. The highest BCUT2D eigenvalue weighted by molar-refractivity contribution is 7.99. The smallest absolute Gasteiger partial charge is 0.122 e. The third-order valence-corrected chi connectivity index (χ3v) is 4.99. The number of benzene rings is 1. The van der Waals surface area contributed by atoms with Gasteiger partial charge >= 0.3 is 0 Å². The molecule has 0 amide bonds. The van der Waals surface area contributed by atoms with Crippen LogP contribution >= 0.6 is 23.4 Å². The van der Waals surface area contributed by atoms with Gasteiger partial charge in [0, 0.05) is 11.1 Å². The highest BCUT2D eigenvalue weighted by Gasteiger charge is 2.26. The van der Waals surface area contributed by atoms with Crippen molar-refractivity contribution in [3.63, 3.8) is 0 Å². The summed E-state index contributed by atoms with van der Waals surface area (Å²) >= 11 is 8.26. The Kier molecular flexibility index (Phi) is 4.04. The van der Waals surface area contributed by atoms with Gasteiger partial charge in [-0.15, -0.1) is 11.6 Å². The van der Waals surface area contributed by atoms with Crippen molar-refractivity contribution in [2.45, 2.75) is 18.7 Å². The summed E-state index contributed by atoms with van der Waals surface area (Å²) in [5.74, 6) is 3.83. The molecule has 1 aliphatic rings. The highest BCUT2D eigenvalue weighted by Crippen LogP contribution is 2.33. The van der Waals surface area contributed by atoms with Gasteiger partial charge in [-0.3, -0.25) is 0 Å². The standard InChI is InChI=1S/C13H17ClOS/c1-9-3-4-13(15-2)10(5-9)6-11-7-16-8-12(11)14/h3-5,11-12H,6-8H2,1-2H3. The highest BCUT2D eigenvalue weighted by atomic mass is 35.5. The van der Waals surface area contributed by atoms with E-state index in [1.165, 1.54) is 16.9 Å². The van der Waals surface area contributed by atoms with Crippen LogP contribution < -0.4 is 4.74 Å². The van der Waals surface area contributed by atoms with E-state index in [0.29, 0.717) is 11.3 Å². The summed E-state index contributed by atoms with van der Waals surface area (Å²) in [4.78, 5) is 0. The van der Waals surface area contributed by atoms with E-state index in [0.717, 1.165) is 17.9 Å². The Hall–Kier alpha value is -0.340. The molecule has 1 nitrogen and oxygen atoms in total. The monoisotopic (exact) mass is 256 g/mol. The van der Waals surface area contributed by atoms with Gasteiger partial charge in [0.1, 0.15) is 5.75 Å². The summed E-state index contributed by atoms with van der Waals surface area (Å²) in [5, 5.41) is 0.315. The van der Waals surface area contributed by atoms with Crippen LogP contribution in [0.15, 0.2) is 18.2 Å². The van der Waals surface area contributed by atoms with Gasteiger partial charge in [-0.25, -0.2) is 0 Å². The number of hydrogen-bond acceptors (Lipinski definition) is 2. The minimum Gasteiger partial charge on any atom is -0.496 e. The van der Waals surface area contributed by atoms with E-state index >= 15 is 0 Å². The molecule has 1 aliphatic heterocycles. The molecule has 0 spiro atoms. The maximum atomic E-state index is 6.30. The molecule has 0 radical (unpaired) electrons. The van der Waals surface area contributed by atoms with Crippen LogP contribution in [-0.2, 0) is 6.42 Å². The summed E-state index contributed by atoms with van der Waals surface area (Å²) in [6.07, 6.45) is 1.03. The molecule has 2 atom stereocenters. The molecule has 1 aromatic rings. The van der Waals surface area contributed by atoms with E-state index in [9.17, 15) is 0 Å². The molecule has 0 aliphatic carbocycles. The van der Waals surface area contributed by atoms with E-state index < -0.39 is 0 Å². The second kappa shape index (κ2) is 5.33. The Labute approximate surface area is 107 Å². The summed E-state index contributed by atoms with van der Waals surface area (Å²) in [6.45, 7) is 2.12. The molecule has 0 saturated carbocycles. The summed E-state index contributed by atoms with van der Waals surface area (Å²) in [5.41, 5.74) is 2.58. The number of aryl methyl sites for hydroxylation is 1. The topological polar surface area (TPSA) is 9.23 Å². The maximum absolute atomic E-state index is 6.30. The van der Waals surface area contributed by atoms with Crippen molar-refractivity contribution in [2.75, 3.05) is 18.6 Å². The summed E-state index contributed by atoms with van der Waals surface area (Å²) < 4.78 is 5.40. The molecule has 16 heavy (non-hydrogen) atoms. The van der Waals surface area contributed by atoms with Crippen LogP contribution in [-0.4, -0.2) is 24.0 Å². The molecular weight excluding hydrogens is 240 g/mol. The number of thioether (sulfide) groups is 1. The molecule has 0 N–H and O–H groups in total. The van der Waals surface area contributed by atoms with Crippen molar-refractivity contribution in [3.05, 3.63) is 29.3 Å². The van der Waals surface area contributed by atoms with Crippen LogP contribution in [0.4, 0.5) is 0 Å². The first-order valence-electron chi connectivity index (χ1n) is 5.56. The van der Waals surface area contributed by atoms with E-state index in [1.54, 1.807) is 7.11 Å². The van der Waals surface area contributed by atoms with Crippen molar-refractivity contribution in [3.8, 4) is 5.75 Å². The lowest BCUT2D eigenvalue weighted by Crippen LogP contribution is -2.15. The van der Waals surface area contributed by atoms with Crippen LogP contribution in [0, 0.1) is 12.8 Å². The van der Waals surface area contributed by atoms with Gasteiger partial charge in [0.2, 0.25) is 0 Å². The van der Waals surface area contributed by atoms with Crippen molar-refractivity contribution < 1.29 is 4.74 Å². The fourth-order valence-corrected chi connectivity index (χ4v) is 3.95. The van der Waals surface area contributed by atoms with Gasteiger partial charge in [0.05, 0.1) is 7.11 Å². The predicted octanol–water partition coefficient (Wildman–Crippen LogP) is 3.52. The minimum atomic E-state index is 0.315. The Bertz CT molecular complexity index is 367. The Morgan fingerprint density at radius 1 is 1.44 bits per heavy atom. The Morgan fingerprint density at radius 2 is 2.25 bits per heavy atom. The minimum absolute atomic E-state index is 0.315. The van der Waals surface area contributed by atoms with Gasteiger partial charge in [0.25, 0.3) is 0 Å². The van der Waals surface area contributed by atoms with E-state index in [-0.39, 0.29) is 0 Å². The molecule has 1 fully saturated rings. The molecule has 1 aromatic carbocycles. The molecular formula is C13H17ClOS. The summed E-state index contributed by atoms with van der Waals surface area (Å²) in [7, 11) is 1.73. The van der Waals surface area contributed by atoms with Gasteiger partial charge in [0.15, 0.2) is 0 Å². The van der Waals surface area contributed by atoms with E-state index in [2.05, 4.69) is 25.1 Å². The fraction of sp³-hybridized carbons (Fsp3) is 0.538. The number of rotatable bonds is 3. The number of halogens is 1. The first kappa shape index (κ1) is 12.1. The zero-order valence-corrected chi connectivity index (χ0v) is 11.3. The third kappa shape index (κ3) is 2.67. The quantitative estimate of drug-likeness (QED) is 0.766. The average Bonchev–Trinajstić information content (AvgIpc) is 2.65. The number of alkyl halides is 1. The van der Waals surface area contributed by atoms with E-state index in [4.69, 9.17) is 16.3 Å². The number of hydrogen-bond donors (Lipinski definition) is 0. The molecule has 3 heteroatoms. The molecule has 1 saturated heterocycles. The first-order chi connectivity index (χ1) is 7.70. The number of methoxy groups -OCH3 is 1. The second-order valence-electron chi connectivity index (χ2n) is 4.33. The van der Waals surface area contributed by atoms with Gasteiger partial charge < -0.3 is 4.74 Å². The van der Waals surface area contributed by atoms with Crippen LogP contribution in [0.3, 0.4) is 0 Å². The zero-order valence-electron chi connectivity index (χ0n) is 9.70. The van der Waals surface area contributed by atoms with Crippen LogP contribution in [0.2, 0.25) is 0 Å². The average molecular weight is 257 g/mol. The van der Waals surface area contributed by atoms with Crippen molar-refractivity contribution in [1.29, 1.82) is 0 Å². The lowest BCUT2D eigenvalue weighted by molar-refractivity contribution is 0.406. The van der Waals surface area contributed by atoms with Crippen LogP contribution in [0.25, 0.3) is 0 Å². The van der Waals surface area contributed by atoms with Crippen LogP contribution in [0.1, 0.15) is 11.1 Å². The third-order valence-electron chi connectivity index (χ3n) is 3.04. The molecule has 88 valence electrons. The zero-order chi connectivity index (χ0) is 11.5. The van der Waals surface area contributed by atoms with Crippen molar-refractivity contribution in [2.24, 2.45) is 5.92 Å². The van der Waals surface area contributed by atoms with Crippen LogP contribution in [0.5, 0.6) is 5.75 Å². The van der Waals surface area contributed by atoms with Gasteiger partial charge in [-0.05, 0) is 36.6 Å². The maximum Gasteiger partial charge on any atom is 0.122 e. The number of ether oxygens (including phenoxy) is 1. The predicted molar refractivity (Wildman–Crippen MR) is 71.9 cm³/mol. The van der Waals surface area contributed by atoms with Gasteiger partial charge in [-0.1, -0.05) is 17.7 Å².